The maximum atomic E-state index is 13.2. The number of carbonyl (C=O) groups excluding carboxylic acids is 1. The zero-order valence-corrected chi connectivity index (χ0v) is 17.8. The van der Waals surface area contributed by atoms with Crippen molar-refractivity contribution in [3.05, 3.63) is 70.6 Å². The van der Waals surface area contributed by atoms with Crippen LogP contribution in [0.25, 0.3) is 17.1 Å². The Morgan fingerprint density at radius 3 is 2.37 bits per heavy atom. The monoisotopic (exact) mass is 497 g/mol. The minimum atomic E-state index is -4.99. The van der Waals surface area contributed by atoms with Gasteiger partial charge in [-0.15, -0.1) is 0 Å². The van der Waals surface area contributed by atoms with Crippen LogP contribution in [0.1, 0.15) is 28.7 Å². The molecule has 0 aliphatic heterocycles. The number of pyridine rings is 1. The summed E-state index contributed by atoms with van der Waals surface area (Å²) in [5.41, 5.74) is -3.03. The SMILES string of the molecule is N#CC(=Cc1cn(Cc2cc(C(F)(F)F)cc(C(F)(F)F)c2)c2ncccc12)C(=O)OCCCO. The Labute approximate surface area is 194 Å². The first-order chi connectivity index (χ1) is 16.4. The first-order valence-corrected chi connectivity index (χ1v) is 10.1. The number of halogens is 6. The molecular weight excluding hydrogens is 480 g/mol. The van der Waals surface area contributed by atoms with E-state index in [1.54, 1.807) is 18.2 Å². The highest BCUT2D eigenvalue weighted by atomic mass is 19.4. The number of carbonyl (C=O) groups is 1. The molecule has 0 fully saturated rings. The van der Waals surface area contributed by atoms with Gasteiger partial charge in [-0.25, -0.2) is 9.78 Å². The predicted molar refractivity (Wildman–Crippen MR) is 112 cm³/mol. The highest BCUT2D eigenvalue weighted by Crippen LogP contribution is 2.36. The van der Waals surface area contributed by atoms with Crippen LogP contribution in [0.4, 0.5) is 26.3 Å². The molecule has 3 rings (SSSR count). The molecule has 0 atom stereocenters. The molecule has 184 valence electrons. The number of fused-ring (bicyclic) bond motifs is 1. The summed E-state index contributed by atoms with van der Waals surface area (Å²) in [6, 6.07) is 6.10. The molecule has 3 aromatic rings. The number of esters is 1. The van der Waals surface area contributed by atoms with Gasteiger partial charge >= 0.3 is 18.3 Å². The van der Waals surface area contributed by atoms with Crippen molar-refractivity contribution in [2.75, 3.05) is 13.2 Å². The van der Waals surface area contributed by atoms with Gasteiger partial charge in [-0.1, -0.05) is 0 Å². The number of benzene rings is 1. The van der Waals surface area contributed by atoms with Crippen molar-refractivity contribution >= 4 is 23.1 Å². The van der Waals surface area contributed by atoms with Crippen LogP contribution in [0.3, 0.4) is 0 Å². The van der Waals surface area contributed by atoms with Crippen LogP contribution >= 0.6 is 0 Å². The number of alkyl halides is 6. The lowest BCUT2D eigenvalue weighted by atomic mass is 10.0. The maximum absolute atomic E-state index is 13.2. The van der Waals surface area contributed by atoms with E-state index in [0.29, 0.717) is 17.5 Å². The van der Waals surface area contributed by atoms with Gasteiger partial charge in [-0.3, -0.25) is 0 Å². The highest BCUT2D eigenvalue weighted by molar-refractivity contribution is 6.00. The van der Waals surface area contributed by atoms with Crippen molar-refractivity contribution in [1.82, 2.24) is 9.55 Å². The minimum Gasteiger partial charge on any atom is -0.461 e. The second-order valence-electron chi connectivity index (χ2n) is 7.38. The van der Waals surface area contributed by atoms with Gasteiger partial charge in [0.15, 0.2) is 0 Å². The Hall–Kier alpha value is -3.85. The maximum Gasteiger partial charge on any atom is 0.416 e. The fourth-order valence-corrected chi connectivity index (χ4v) is 3.29. The fraction of sp³-hybridized carbons (Fsp3) is 0.261. The molecule has 1 N–H and O–H groups in total. The van der Waals surface area contributed by atoms with E-state index < -0.39 is 36.0 Å². The minimum absolute atomic E-state index is 0.0469. The summed E-state index contributed by atoms with van der Waals surface area (Å²) in [5, 5.41) is 18.5. The number of hydrogen-bond donors (Lipinski definition) is 1. The Bertz CT molecular complexity index is 1270. The average Bonchev–Trinajstić information content (AvgIpc) is 3.13. The molecule has 0 amide bonds. The van der Waals surface area contributed by atoms with Crippen LogP contribution in [0, 0.1) is 11.3 Å². The van der Waals surface area contributed by atoms with Crippen LogP contribution in [0.5, 0.6) is 0 Å². The van der Waals surface area contributed by atoms with E-state index in [4.69, 9.17) is 9.84 Å². The molecular formula is C23H17F6N3O3. The normalized spacial score (nSPS) is 12.6. The third-order valence-electron chi connectivity index (χ3n) is 4.84. The van der Waals surface area contributed by atoms with Crippen molar-refractivity contribution in [3.63, 3.8) is 0 Å². The van der Waals surface area contributed by atoms with Gasteiger partial charge in [0.25, 0.3) is 0 Å². The summed E-state index contributed by atoms with van der Waals surface area (Å²) < 4.78 is 85.5. The molecule has 12 heteroatoms. The van der Waals surface area contributed by atoms with Crippen molar-refractivity contribution in [1.29, 1.82) is 5.26 Å². The summed E-state index contributed by atoms with van der Waals surface area (Å²) in [7, 11) is 0. The van der Waals surface area contributed by atoms with Crippen molar-refractivity contribution < 1.29 is 41.0 Å². The van der Waals surface area contributed by atoms with E-state index in [2.05, 4.69) is 4.98 Å². The van der Waals surface area contributed by atoms with Gasteiger partial charge in [0.05, 0.1) is 17.7 Å². The Balaban J connectivity index is 2.05. The van der Waals surface area contributed by atoms with Gasteiger partial charge in [0, 0.05) is 42.9 Å². The Kier molecular flexibility index (Phi) is 7.50. The quantitative estimate of drug-likeness (QED) is 0.164. The van der Waals surface area contributed by atoms with Gasteiger partial charge in [-0.05, 0) is 42.0 Å². The summed E-state index contributed by atoms with van der Waals surface area (Å²) in [6.45, 7) is -0.727. The summed E-state index contributed by atoms with van der Waals surface area (Å²) in [6.07, 6.45) is -5.87. The Morgan fingerprint density at radius 1 is 1.14 bits per heavy atom. The molecule has 2 aromatic heterocycles. The van der Waals surface area contributed by atoms with Gasteiger partial charge in [-0.2, -0.15) is 31.6 Å². The lowest BCUT2D eigenvalue weighted by Gasteiger charge is -2.14. The molecule has 2 heterocycles. The topological polar surface area (TPSA) is 88.1 Å². The summed E-state index contributed by atoms with van der Waals surface area (Å²) in [4.78, 5) is 16.3. The number of hydrogen-bond acceptors (Lipinski definition) is 5. The zero-order valence-electron chi connectivity index (χ0n) is 17.8. The van der Waals surface area contributed by atoms with E-state index in [9.17, 15) is 36.4 Å². The average molecular weight is 497 g/mol. The molecule has 0 radical (unpaired) electrons. The van der Waals surface area contributed by atoms with E-state index in [1.165, 1.54) is 23.0 Å². The molecule has 0 saturated heterocycles. The van der Waals surface area contributed by atoms with Crippen molar-refractivity contribution in [3.8, 4) is 6.07 Å². The van der Waals surface area contributed by atoms with Gasteiger partial charge < -0.3 is 14.4 Å². The number of nitriles is 1. The zero-order chi connectivity index (χ0) is 25.8. The van der Waals surface area contributed by atoms with Crippen LogP contribution in [-0.4, -0.2) is 33.8 Å². The van der Waals surface area contributed by atoms with Crippen LogP contribution in [-0.2, 0) is 28.4 Å². The predicted octanol–water partition coefficient (Wildman–Crippen LogP) is 4.95. The van der Waals surface area contributed by atoms with Crippen molar-refractivity contribution in [2.24, 2.45) is 0 Å². The standard InChI is InChI=1S/C23H17F6N3O3/c24-22(25,26)17-7-14(8-18(10-17)23(27,28)29)12-32-13-16(19-3-1-4-31-20(19)32)9-15(11-30)21(34)35-6-2-5-33/h1,3-4,7-10,13,33H,2,5-6,12H2. The molecule has 0 unspecified atom stereocenters. The highest BCUT2D eigenvalue weighted by Gasteiger charge is 2.37. The third-order valence-corrected chi connectivity index (χ3v) is 4.84. The Morgan fingerprint density at radius 2 is 1.80 bits per heavy atom. The number of aliphatic hydroxyl groups excluding tert-OH is 1. The molecule has 0 aliphatic rings. The number of ether oxygens (including phenoxy) is 1. The lowest BCUT2D eigenvalue weighted by Crippen LogP contribution is -2.12. The van der Waals surface area contributed by atoms with E-state index in [1.807, 2.05) is 0 Å². The lowest BCUT2D eigenvalue weighted by molar-refractivity contribution is -0.143. The second-order valence-corrected chi connectivity index (χ2v) is 7.38. The summed E-state index contributed by atoms with van der Waals surface area (Å²) in [5.74, 6) is -0.946. The first-order valence-electron chi connectivity index (χ1n) is 10.1. The third kappa shape index (κ3) is 6.19. The fourth-order valence-electron chi connectivity index (χ4n) is 3.29. The first kappa shape index (κ1) is 25.8. The van der Waals surface area contributed by atoms with E-state index in [-0.39, 0.29) is 48.0 Å². The molecule has 35 heavy (non-hydrogen) atoms. The smallest absolute Gasteiger partial charge is 0.416 e. The van der Waals surface area contributed by atoms with Crippen molar-refractivity contribution in [2.45, 2.75) is 25.3 Å². The largest absolute Gasteiger partial charge is 0.461 e. The van der Waals surface area contributed by atoms with Crippen LogP contribution < -0.4 is 0 Å². The molecule has 0 aliphatic carbocycles. The van der Waals surface area contributed by atoms with Gasteiger partial charge in [0.2, 0.25) is 0 Å². The molecule has 0 spiro atoms. The molecule has 1 aromatic carbocycles. The van der Waals surface area contributed by atoms with Crippen LogP contribution in [0.15, 0.2) is 48.3 Å². The molecule has 0 saturated carbocycles. The molecule has 6 nitrogen and oxygen atoms in total. The number of aliphatic hydroxyl groups is 1. The number of aromatic nitrogens is 2. The number of rotatable bonds is 7. The second kappa shape index (κ2) is 10.2. The number of nitrogens with zero attached hydrogens (tertiary/aromatic N) is 3. The van der Waals surface area contributed by atoms with Crippen LogP contribution in [0.2, 0.25) is 0 Å². The van der Waals surface area contributed by atoms with E-state index >= 15 is 0 Å². The van der Waals surface area contributed by atoms with Gasteiger partial charge in [0.1, 0.15) is 17.3 Å². The molecule has 0 bridgehead atoms. The summed E-state index contributed by atoms with van der Waals surface area (Å²) >= 11 is 0. The van der Waals surface area contributed by atoms with E-state index in [0.717, 1.165) is 0 Å².